The Labute approximate surface area is 139 Å². The number of fused-ring (bicyclic) bond motifs is 1. The minimum absolute atomic E-state index is 0.0912. The van der Waals surface area contributed by atoms with E-state index < -0.39 is 0 Å². The van der Waals surface area contributed by atoms with Crippen molar-refractivity contribution in [2.75, 3.05) is 6.61 Å². The third kappa shape index (κ3) is 3.46. The van der Waals surface area contributed by atoms with Crippen molar-refractivity contribution >= 4 is 16.7 Å². The summed E-state index contributed by atoms with van der Waals surface area (Å²) < 4.78 is 7.12. The molecule has 3 rings (SSSR count). The molecule has 24 heavy (non-hydrogen) atoms. The molecule has 3 aromatic rings. The molecule has 0 saturated heterocycles. The molecule has 0 atom stereocenters. The average molecular weight is 322 g/mol. The number of nitrogens with zero attached hydrogens (tertiary/aromatic N) is 1. The summed E-state index contributed by atoms with van der Waals surface area (Å²) in [7, 11) is 1.70. The van der Waals surface area contributed by atoms with Crippen molar-refractivity contribution in [1.82, 2.24) is 9.88 Å². The van der Waals surface area contributed by atoms with Gasteiger partial charge in [-0.05, 0) is 23.8 Å². The Hall–Kier alpha value is -3.08. The fourth-order valence-electron chi connectivity index (χ4n) is 2.46. The molecule has 0 radical (unpaired) electrons. The summed E-state index contributed by atoms with van der Waals surface area (Å²) in [4.78, 5) is 24.1. The molecule has 0 fully saturated rings. The van der Waals surface area contributed by atoms with Crippen LogP contribution in [0.15, 0.2) is 65.6 Å². The SMILES string of the molecule is Cn1ccc2c(OCC(=O)NCc3ccccc3)cccc2c1=O. The number of carbonyl (C=O) groups is 1. The predicted molar refractivity (Wildman–Crippen MR) is 93.0 cm³/mol. The average Bonchev–Trinajstić information content (AvgIpc) is 2.62. The Bertz CT molecular complexity index is 917. The van der Waals surface area contributed by atoms with Crippen LogP contribution in [0.1, 0.15) is 5.56 Å². The van der Waals surface area contributed by atoms with Crippen LogP contribution in [0.5, 0.6) is 5.75 Å². The maximum atomic E-state index is 12.1. The molecule has 2 aromatic carbocycles. The first-order valence-corrected chi connectivity index (χ1v) is 7.67. The summed E-state index contributed by atoms with van der Waals surface area (Å²) in [6.45, 7) is 0.361. The summed E-state index contributed by atoms with van der Waals surface area (Å²) in [5.41, 5.74) is 0.936. The van der Waals surface area contributed by atoms with Crippen molar-refractivity contribution in [1.29, 1.82) is 0 Å². The van der Waals surface area contributed by atoms with Gasteiger partial charge < -0.3 is 14.6 Å². The minimum atomic E-state index is -0.209. The van der Waals surface area contributed by atoms with Crippen molar-refractivity contribution in [2.45, 2.75) is 6.54 Å². The summed E-state index contributed by atoms with van der Waals surface area (Å²) in [6.07, 6.45) is 1.69. The number of aryl methyl sites for hydroxylation is 1. The van der Waals surface area contributed by atoms with Crippen LogP contribution in [0, 0.1) is 0 Å². The molecule has 0 saturated carbocycles. The number of amides is 1. The van der Waals surface area contributed by atoms with Gasteiger partial charge in [0.1, 0.15) is 5.75 Å². The molecule has 0 aliphatic carbocycles. The lowest BCUT2D eigenvalue weighted by Crippen LogP contribution is -2.28. The largest absolute Gasteiger partial charge is 0.483 e. The third-order valence-corrected chi connectivity index (χ3v) is 3.77. The van der Waals surface area contributed by atoms with Gasteiger partial charge in [-0.2, -0.15) is 0 Å². The molecule has 0 spiro atoms. The van der Waals surface area contributed by atoms with Crippen molar-refractivity contribution < 1.29 is 9.53 Å². The smallest absolute Gasteiger partial charge is 0.258 e. The second-order valence-corrected chi connectivity index (χ2v) is 5.50. The van der Waals surface area contributed by atoms with E-state index >= 15 is 0 Å². The molecule has 1 amide bonds. The lowest BCUT2D eigenvalue weighted by atomic mass is 10.1. The van der Waals surface area contributed by atoms with Crippen LogP contribution < -0.4 is 15.6 Å². The predicted octanol–water partition coefficient (Wildman–Crippen LogP) is 2.23. The molecule has 5 heteroatoms. The van der Waals surface area contributed by atoms with E-state index in [1.807, 2.05) is 36.4 Å². The Kier molecular flexibility index (Phi) is 4.61. The first-order valence-electron chi connectivity index (χ1n) is 7.67. The maximum absolute atomic E-state index is 12.1. The van der Waals surface area contributed by atoms with Crippen LogP contribution in [0.3, 0.4) is 0 Å². The highest BCUT2D eigenvalue weighted by Crippen LogP contribution is 2.22. The number of benzene rings is 2. The molecule has 1 N–H and O–H groups in total. The van der Waals surface area contributed by atoms with Gasteiger partial charge in [-0.1, -0.05) is 36.4 Å². The van der Waals surface area contributed by atoms with E-state index in [9.17, 15) is 9.59 Å². The summed E-state index contributed by atoms with van der Waals surface area (Å²) in [6, 6.07) is 16.7. The van der Waals surface area contributed by atoms with E-state index in [0.717, 1.165) is 5.56 Å². The maximum Gasteiger partial charge on any atom is 0.258 e. The monoisotopic (exact) mass is 322 g/mol. The van der Waals surface area contributed by atoms with E-state index in [1.54, 1.807) is 31.4 Å². The van der Waals surface area contributed by atoms with Crippen molar-refractivity contribution in [3.05, 3.63) is 76.7 Å². The molecule has 122 valence electrons. The summed E-state index contributed by atoms with van der Waals surface area (Å²) >= 11 is 0. The topological polar surface area (TPSA) is 60.3 Å². The molecule has 1 heterocycles. The van der Waals surface area contributed by atoms with E-state index in [-0.39, 0.29) is 18.1 Å². The fourth-order valence-corrected chi connectivity index (χ4v) is 2.46. The number of rotatable bonds is 5. The molecular weight excluding hydrogens is 304 g/mol. The van der Waals surface area contributed by atoms with E-state index in [1.165, 1.54) is 4.57 Å². The van der Waals surface area contributed by atoms with Crippen LogP contribution in [-0.2, 0) is 18.4 Å². The number of nitrogens with one attached hydrogen (secondary N) is 1. The van der Waals surface area contributed by atoms with Crippen molar-refractivity contribution in [2.24, 2.45) is 7.05 Å². The van der Waals surface area contributed by atoms with Gasteiger partial charge in [0, 0.05) is 25.2 Å². The summed E-state index contributed by atoms with van der Waals surface area (Å²) in [5.74, 6) is 0.319. The van der Waals surface area contributed by atoms with Crippen LogP contribution in [-0.4, -0.2) is 17.1 Å². The molecule has 0 aliphatic rings. The number of hydrogen-bond donors (Lipinski definition) is 1. The number of ether oxygens (including phenoxy) is 1. The van der Waals surface area contributed by atoms with Gasteiger partial charge in [0.15, 0.2) is 6.61 Å². The number of hydrogen-bond acceptors (Lipinski definition) is 3. The third-order valence-electron chi connectivity index (χ3n) is 3.77. The first-order chi connectivity index (χ1) is 11.6. The Morgan fingerprint density at radius 1 is 1.04 bits per heavy atom. The Morgan fingerprint density at radius 2 is 1.83 bits per heavy atom. The molecule has 0 aliphatic heterocycles. The molecule has 5 nitrogen and oxygen atoms in total. The zero-order chi connectivity index (χ0) is 16.9. The number of pyridine rings is 1. The van der Waals surface area contributed by atoms with E-state index in [4.69, 9.17) is 4.74 Å². The number of carbonyl (C=O) groups excluding carboxylic acids is 1. The summed E-state index contributed by atoms with van der Waals surface area (Å²) in [5, 5.41) is 4.08. The van der Waals surface area contributed by atoms with E-state index in [2.05, 4.69) is 5.32 Å². The highest BCUT2D eigenvalue weighted by molar-refractivity contribution is 5.88. The standard InChI is InChI=1S/C19H18N2O3/c1-21-11-10-15-16(19(21)23)8-5-9-17(15)24-13-18(22)20-12-14-6-3-2-4-7-14/h2-11H,12-13H2,1H3,(H,20,22). The first kappa shape index (κ1) is 15.8. The Morgan fingerprint density at radius 3 is 2.62 bits per heavy atom. The zero-order valence-corrected chi connectivity index (χ0v) is 13.4. The van der Waals surface area contributed by atoms with Gasteiger partial charge in [-0.3, -0.25) is 9.59 Å². The van der Waals surface area contributed by atoms with E-state index in [0.29, 0.717) is 23.1 Å². The highest BCUT2D eigenvalue weighted by atomic mass is 16.5. The van der Waals surface area contributed by atoms with Gasteiger partial charge >= 0.3 is 0 Å². The lowest BCUT2D eigenvalue weighted by Gasteiger charge is -2.10. The fraction of sp³-hybridized carbons (Fsp3) is 0.158. The molecule has 0 unspecified atom stereocenters. The van der Waals surface area contributed by atoms with Gasteiger partial charge in [-0.15, -0.1) is 0 Å². The van der Waals surface area contributed by atoms with Gasteiger partial charge in [0.25, 0.3) is 11.5 Å². The normalized spacial score (nSPS) is 10.5. The lowest BCUT2D eigenvalue weighted by molar-refractivity contribution is -0.123. The van der Waals surface area contributed by atoms with Crippen molar-refractivity contribution in [3.63, 3.8) is 0 Å². The van der Waals surface area contributed by atoms with Crippen LogP contribution in [0.25, 0.3) is 10.8 Å². The van der Waals surface area contributed by atoms with Crippen LogP contribution >= 0.6 is 0 Å². The van der Waals surface area contributed by atoms with Crippen LogP contribution in [0.2, 0.25) is 0 Å². The minimum Gasteiger partial charge on any atom is -0.483 e. The van der Waals surface area contributed by atoms with Gasteiger partial charge in [-0.25, -0.2) is 0 Å². The van der Waals surface area contributed by atoms with Crippen LogP contribution in [0.4, 0.5) is 0 Å². The van der Waals surface area contributed by atoms with Crippen molar-refractivity contribution in [3.8, 4) is 5.75 Å². The zero-order valence-electron chi connectivity index (χ0n) is 13.4. The Balaban J connectivity index is 1.66. The number of aromatic nitrogens is 1. The molecule has 0 bridgehead atoms. The second kappa shape index (κ2) is 7.00. The molecule has 1 aromatic heterocycles. The highest BCUT2D eigenvalue weighted by Gasteiger charge is 2.08. The van der Waals surface area contributed by atoms with Gasteiger partial charge in [0.05, 0.1) is 5.39 Å². The quantitative estimate of drug-likeness (QED) is 0.783. The molecular formula is C19H18N2O3. The second-order valence-electron chi connectivity index (χ2n) is 5.50. The van der Waals surface area contributed by atoms with Gasteiger partial charge in [0.2, 0.25) is 0 Å².